The predicted octanol–water partition coefficient (Wildman–Crippen LogP) is 4.17. The van der Waals surface area contributed by atoms with Gasteiger partial charge in [0.15, 0.2) is 0 Å². The monoisotopic (exact) mass is 388 g/mol. The van der Waals surface area contributed by atoms with Crippen LogP contribution in [0.15, 0.2) is 53.4 Å². The van der Waals surface area contributed by atoms with Gasteiger partial charge < -0.3 is 5.32 Å². The molecule has 0 fully saturated rings. The highest BCUT2D eigenvalue weighted by atomic mass is 32.2. The highest BCUT2D eigenvalue weighted by Crippen LogP contribution is 2.29. The molecule has 0 aromatic heterocycles. The van der Waals surface area contributed by atoms with E-state index in [2.05, 4.69) is 30.8 Å². The molecule has 27 heavy (non-hydrogen) atoms. The molecule has 1 amide bonds. The van der Waals surface area contributed by atoms with Gasteiger partial charge in [-0.15, -0.1) is 0 Å². The smallest absolute Gasteiger partial charge is 0.255 e. The van der Waals surface area contributed by atoms with Gasteiger partial charge >= 0.3 is 0 Å². The summed E-state index contributed by atoms with van der Waals surface area (Å²) in [5, 5.41) is 2.93. The van der Waals surface area contributed by atoms with Crippen LogP contribution in [-0.2, 0) is 15.4 Å². The van der Waals surface area contributed by atoms with Crippen molar-refractivity contribution < 1.29 is 13.2 Å². The van der Waals surface area contributed by atoms with Crippen LogP contribution in [0.1, 0.15) is 50.5 Å². The van der Waals surface area contributed by atoms with Gasteiger partial charge in [-0.3, -0.25) is 4.79 Å². The zero-order valence-electron chi connectivity index (χ0n) is 16.5. The van der Waals surface area contributed by atoms with Gasteiger partial charge in [0.1, 0.15) is 0 Å². The third-order valence-corrected chi connectivity index (χ3v) is 5.53. The Morgan fingerprint density at radius 3 is 2.15 bits per heavy atom. The Hall–Kier alpha value is -2.18. The first-order chi connectivity index (χ1) is 12.5. The summed E-state index contributed by atoms with van der Waals surface area (Å²) in [6, 6.07) is 13.6. The van der Waals surface area contributed by atoms with Crippen molar-refractivity contribution in [1.82, 2.24) is 4.72 Å². The maximum atomic E-state index is 12.6. The lowest BCUT2D eigenvalue weighted by molar-refractivity contribution is 0.102. The summed E-state index contributed by atoms with van der Waals surface area (Å²) in [6.45, 7) is 10.5. The number of anilines is 1. The van der Waals surface area contributed by atoms with Gasteiger partial charge in [-0.25, -0.2) is 13.1 Å². The molecule has 2 rings (SSSR count). The molecule has 0 bridgehead atoms. The number of nitrogens with one attached hydrogen (secondary N) is 2. The van der Waals surface area contributed by atoms with Gasteiger partial charge in [-0.1, -0.05) is 52.8 Å². The number of carbonyl (C=O) groups is 1. The van der Waals surface area contributed by atoms with E-state index in [1.54, 1.807) is 0 Å². The van der Waals surface area contributed by atoms with E-state index < -0.39 is 10.0 Å². The third kappa shape index (κ3) is 5.65. The fourth-order valence-corrected chi connectivity index (χ4v) is 3.80. The number of amides is 1. The van der Waals surface area contributed by atoms with E-state index >= 15 is 0 Å². The van der Waals surface area contributed by atoms with Gasteiger partial charge in [0, 0.05) is 17.8 Å². The van der Waals surface area contributed by atoms with Crippen LogP contribution >= 0.6 is 0 Å². The molecular weight excluding hydrogens is 360 g/mol. The average molecular weight is 389 g/mol. The van der Waals surface area contributed by atoms with Crippen molar-refractivity contribution in [3.8, 4) is 0 Å². The Labute approximate surface area is 162 Å². The van der Waals surface area contributed by atoms with E-state index in [0.29, 0.717) is 12.1 Å². The van der Waals surface area contributed by atoms with Crippen molar-refractivity contribution >= 4 is 21.6 Å². The fraction of sp³-hybridized carbons (Fsp3) is 0.381. The van der Waals surface area contributed by atoms with E-state index in [0.717, 1.165) is 11.3 Å². The summed E-state index contributed by atoms with van der Waals surface area (Å²) in [4.78, 5) is 12.7. The van der Waals surface area contributed by atoms with Crippen molar-refractivity contribution in [2.75, 3.05) is 11.9 Å². The summed E-state index contributed by atoms with van der Waals surface area (Å²) >= 11 is 0. The molecule has 0 saturated heterocycles. The maximum absolute atomic E-state index is 12.6. The van der Waals surface area contributed by atoms with Crippen molar-refractivity contribution in [3.05, 3.63) is 59.7 Å². The van der Waals surface area contributed by atoms with E-state index in [9.17, 15) is 13.2 Å². The first-order valence-corrected chi connectivity index (χ1v) is 10.5. The molecule has 2 aromatic carbocycles. The summed E-state index contributed by atoms with van der Waals surface area (Å²) < 4.78 is 27.1. The Morgan fingerprint density at radius 1 is 1.00 bits per heavy atom. The lowest BCUT2D eigenvalue weighted by Crippen LogP contribution is -2.27. The fourth-order valence-electron chi connectivity index (χ4n) is 2.59. The molecule has 2 aromatic rings. The average Bonchev–Trinajstić information content (AvgIpc) is 2.60. The molecule has 0 atom stereocenters. The number of rotatable bonds is 6. The minimum absolute atomic E-state index is 0.107. The van der Waals surface area contributed by atoms with E-state index in [1.807, 2.05) is 38.1 Å². The van der Waals surface area contributed by atoms with Gasteiger partial charge in [0.05, 0.1) is 4.90 Å². The summed E-state index contributed by atoms with van der Waals surface area (Å²) in [7, 11) is -3.56. The first kappa shape index (κ1) is 21.1. The zero-order valence-corrected chi connectivity index (χ0v) is 17.4. The van der Waals surface area contributed by atoms with Crippen LogP contribution in [0.3, 0.4) is 0 Å². The number of hydrogen-bond acceptors (Lipinski definition) is 3. The number of carbonyl (C=O) groups excluding carboxylic acids is 1. The van der Waals surface area contributed by atoms with Gasteiger partial charge in [-0.2, -0.15) is 0 Å². The minimum atomic E-state index is -3.56. The SMILES string of the molecule is CC(C)CNS(=O)(=O)c1ccc(C(=O)Nc2ccccc2C(C)(C)C)cc1. The summed E-state index contributed by atoms with van der Waals surface area (Å²) in [6.07, 6.45) is 0. The highest BCUT2D eigenvalue weighted by Gasteiger charge is 2.19. The Bertz CT molecular complexity index is 896. The second kappa shape index (κ2) is 8.23. The summed E-state index contributed by atoms with van der Waals surface area (Å²) in [5.74, 6) is -0.0569. The predicted molar refractivity (Wildman–Crippen MR) is 110 cm³/mol. The molecule has 0 unspecified atom stereocenters. The third-order valence-electron chi connectivity index (χ3n) is 4.09. The van der Waals surface area contributed by atoms with E-state index in [1.165, 1.54) is 24.3 Å². The molecule has 0 heterocycles. The topological polar surface area (TPSA) is 75.3 Å². The van der Waals surface area contributed by atoms with Crippen LogP contribution in [0, 0.1) is 5.92 Å². The standard InChI is InChI=1S/C21H28N2O3S/c1-15(2)14-22-27(25,26)17-12-10-16(11-13-17)20(24)23-19-9-7-6-8-18(19)21(3,4)5/h6-13,15,22H,14H2,1-5H3,(H,23,24). The first-order valence-electron chi connectivity index (χ1n) is 9.01. The number of sulfonamides is 1. The quantitative estimate of drug-likeness (QED) is 0.780. The van der Waals surface area contributed by atoms with Crippen LogP contribution < -0.4 is 10.0 Å². The van der Waals surface area contributed by atoms with Crippen LogP contribution in [0.4, 0.5) is 5.69 Å². The lowest BCUT2D eigenvalue weighted by Gasteiger charge is -2.23. The number of benzene rings is 2. The molecule has 0 aliphatic rings. The van der Waals surface area contributed by atoms with Gasteiger partial charge in [-0.05, 0) is 47.2 Å². The van der Waals surface area contributed by atoms with Crippen LogP contribution in [0.2, 0.25) is 0 Å². The second-order valence-electron chi connectivity index (χ2n) is 8.02. The van der Waals surface area contributed by atoms with Gasteiger partial charge in [0.2, 0.25) is 10.0 Å². The molecule has 0 aliphatic carbocycles. The molecule has 0 radical (unpaired) electrons. The lowest BCUT2D eigenvalue weighted by atomic mass is 9.86. The summed E-state index contributed by atoms with van der Waals surface area (Å²) in [5.41, 5.74) is 2.09. The molecule has 146 valence electrons. The van der Waals surface area contributed by atoms with Crippen molar-refractivity contribution in [3.63, 3.8) is 0 Å². The molecule has 5 nitrogen and oxygen atoms in total. The van der Waals surface area contributed by atoms with Crippen molar-refractivity contribution in [2.45, 2.75) is 44.9 Å². The number of hydrogen-bond donors (Lipinski definition) is 2. The Kier molecular flexibility index (Phi) is 6.44. The van der Waals surface area contributed by atoms with Crippen molar-refractivity contribution in [1.29, 1.82) is 0 Å². The largest absolute Gasteiger partial charge is 0.322 e. The van der Waals surface area contributed by atoms with Gasteiger partial charge in [0.25, 0.3) is 5.91 Å². The van der Waals surface area contributed by atoms with Crippen LogP contribution in [0.25, 0.3) is 0 Å². The van der Waals surface area contributed by atoms with Crippen LogP contribution in [-0.4, -0.2) is 20.9 Å². The normalized spacial score (nSPS) is 12.2. The Morgan fingerprint density at radius 2 is 1.59 bits per heavy atom. The number of para-hydroxylation sites is 1. The van der Waals surface area contributed by atoms with E-state index in [-0.39, 0.29) is 22.1 Å². The molecule has 2 N–H and O–H groups in total. The molecule has 0 saturated carbocycles. The molecule has 6 heteroatoms. The highest BCUT2D eigenvalue weighted by molar-refractivity contribution is 7.89. The zero-order chi connectivity index (χ0) is 20.2. The maximum Gasteiger partial charge on any atom is 0.255 e. The van der Waals surface area contributed by atoms with Crippen molar-refractivity contribution in [2.24, 2.45) is 5.92 Å². The van der Waals surface area contributed by atoms with Crippen LogP contribution in [0.5, 0.6) is 0 Å². The Balaban J connectivity index is 2.18. The minimum Gasteiger partial charge on any atom is -0.322 e. The second-order valence-corrected chi connectivity index (χ2v) is 9.79. The molecule has 0 spiro atoms. The molecular formula is C21H28N2O3S. The van der Waals surface area contributed by atoms with E-state index in [4.69, 9.17) is 0 Å². The molecule has 0 aliphatic heterocycles.